The van der Waals surface area contributed by atoms with E-state index >= 15 is 0 Å². The summed E-state index contributed by atoms with van der Waals surface area (Å²) in [5.74, 6) is 0.124. The number of aliphatic hydroxyl groups is 1. The van der Waals surface area contributed by atoms with Crippen molar-refractivity contribution in [3.05, 3.63) is 41.0 Å². The first kappa shape index (κ1) is 17.4. The molecule has 0 spiro atoms. The van der Waals surface area contributed by atoms with E-state index < -0.39 is 6.10 Å². The molecule has 3 rings (SSSR count). The summed E-state index contributed by atoms with van der Waals surface area (Å²) in [7, 11) is 1.92. The second-order valence-electron chi connectivity index (χ2n) is 6.22. The average Bonchev–Trinajstić information content (AvgIpc) is 3.13. The van der Waals surface area contributed by atoms with Crippen LogP contribution in [0.4, 0.5) is 5.82 Å². The summed E-state index contributed by atoms with van der Waals surface area (Å²) in [6.45, 7) is 1.28. The number of likely N-dealkylation sites (N-methyl/N-ethyl adjacent to an activating group) is 1. The van der Waals surface area contributed by atoms with Crippen LogP contribution < -0.4 is 5.32 Å². The molecule has 2 heterocycles. The number of rotatable bonds is 4. The number of anilines is 1. The Balaban J connectivity index is 1.68. The number of nitrogens with zero attached hydrogens (tertiary/aromatic N) is 4. The van der Waals surface area contributed by atoms with Gasteiger partial charge in [0.15, 0.2) is 5.82 Å². The second kappa shape index (κ2) is 7.23. The van der Waals surface area contributed by atoms with Gasteiger partial charge in [0.05, 0.1) is 17.4 Å². The lowest BCUT2D eigenvalue weighted by Crippen LogP contribution is -2.24. The zero-order chi connectivity index (χ0) is 18.0. The number of aromatic nitrogens is 2. The van der Waals surface area contributed by atoms with Gasteiger partial charge < -0.3 is 15.3 Å². The molecule has 0 aliphatic carbocycles. The highest BCUT2D eigenvalue weighted by molar-refractivity contribution is 6.30. The number of carbonyl (C=O) groups excluding carboxylic acids is 1. The third-order valence-corrected chi connectivity index (χ3v) is 4.45. The molecule has 0 saturated carbocycles. The lowest BCUT2D eigenvalue weighted by atomic mass is 10.0. The number of halogens is 1. The Labute approximate surface area is 150 Å². The zero-order valence-corrected chi connectivity index (χ0v) is 14.4. The molecule has 1 aromatic carbocycles. The zero-order valence-electron chi connectivity index (χ0n) is 13.7. The smallest absolute Gasteiger partial charge is 0.226 e. The van der Waals surface area contributed by atoms with Gasteiger partial charge in [-0.15, -0.1) is 0 Å². The van der Waals surface area contributed by atoms with E-state index in [1.165, 1.54) is 4.68 Å². The van der Waals surface area contributed by atoms with Crippen LogP contribution in [-0.4, -0.2) is 51.9 Å². The van der Waals surface area contributed by atoms with Crippen molar-refractivity contribution < 1.29 is 9.90 Å². The van der Waals surface area contributed by atoms with Crippen LogP contribution >= 0.6 is 11.6 Å². The van der Waals surface area contributed by atoms with E-state index in [9.17, 15) is 15.2 Å². The lowest BCUT2D eigenvalue weighted by Gasteiger charge is -2.12. The van der Waals surface area contributed by atoms with Gasteiger partial charge in [-0.1, -0.05) is 11.6 Å². The number of β-amino-alcohol motifs (C(OH)–C–C–N with tert-alkyl or cyclic N) is 1. The molecular weight excluding hydrogens is 342 g/mol. The van der Waals surface area contributed by atoms with Gasteiger partial charge in [0.2, 0.25) is 5.91 Å². The van der Waals surface area contributed by atoms with E-state index in [0.29, 0.717) is 35.2 Å². The molecule has 2 aromatic rings. The number of likely N-dealkylation sites (tertiary alicyclic amines) is 1. The van der Waals surface area contributed by atoms with Crippen molar-refractivity contribution >= 4 is 23.3 Å². The number of carbonyl (C=O) groups is 1. The summed E-state index contributed by atoms with van der Waals surface area (Å²) in [6, 6.07) is 8.67. The van der Waals surface area contributed by atoms with Gasteiger partial charge in [-0.2, -0.15) is 10.4 Å². The fourth-order valence-electron chi connectivity index (χ4n) is 3.02. The van der Waals surface area contributed by atoms with E-state index in [4.69, 9.17) is 11.6 Å². The highest BCUT2D eigenvalue weighted by Crippen LogP contribution is 2.21. The number of nitriles is 1. The SMILES string of the molecule is CN1C[C@@H](CC(=O)Nc2ccn(-c3ccc(Cl)cc3C#N)n2)[C@H](O)C1. The molecule has 0 radical (unpaired) electrons. The van der Waals surface area contributed by atoms with Crippen LogP contribution in [0.1, 0.15) is 12.0 Å². The standard InChI is InChI=1S/C17H18ClN5O2/c1-22-9-12(15(24)10-22)7-17(25)20-16-4-5-23(21-16)14-3-2-13(18)6-11(14)8-19/h2-6,12,15,24H,7,9-10H2,1H3,(H,20,21,25)/t12-,15-/m1/s1. The third kappa shape index (κ3) is 3.99. The lowest BCUT2D eigenvalue weighted by molar-refractivity contribution is -0.117. The summed E-state index contributed by atoms with van der Waals surface area (Å²) < 4.78 is 1.52. The van der Waals surface area contributed by atoms with Gasteiger partial charge in [0.25, 0.3) is 0 Å². The van der Waals surface area contributed by atoms with Crippen LogP contribution in [-0.2, 0) is 4.79 Å². The van der Waals surface area contributed by atoms with E-state index in [1.807, 2.05) is 11.9 Å². The molecule has 1 aromatic heterocycles. The Morgan fingerprint density at radius 2 is 2.28 bits per heavy atom. The Hall–Kier alpha value is -2.40. The summed E-state index contributed by atoms with van der Waals surface area (Å²) in [4.78, 5) is 14.2. The van der Waals surface area contributed by atoms with Gasteiger partial charge in [-0.05, 0) is 25.2 Å². The Morgan fingerprint density at radius 3 is 2.96 bits per heavy atom. The highest BCUT2D eigenvalue weighted by Gasteiger charge is 2.30. The summed E-state index contributed by atoms with van der Waals surface area (Å²) in [5, 5.41) is 26.6. The predicted octanol–water partition coefficient (Wildman–Crippen LogP) is 1.65. The minimum atomic E-state index is -0.486. The van der Waals surface area contributed by atoms with E-state index in [0.717, 1.165) is 0 Å². The van der Waals surface area contributed by atoms with Gasteiger partial charge in [0.1, 0.15) is 6.07 Å². The first-order valence-corrected chi connectivity index (χ1v) is 8.26. The molecule has 1 amide bonds. The number of hydrogen-bond acceptors (Lipinski definition) is 5. The molecule has 25 heavy (non-hydrogen) atoms. The Bertz CT molecular complexity index is 829. The third-order valence-electron chi connectivity index (χ3n) is 4.22. The number of hydrogen-bond donors (Lipinski definition) is 2. The maximum absolute atomic E-state index is 12.2. The van der Waals surface area contributed by atoms with Crippen molar-refractivity contribution in [2.75, 3.05) is 25.5 Å². The van der Waals surface area contributed by atoms with Crippen LogP contribution in [0.5, 0.6) is 0 Å². The monoisotopic (exact) mass is 359 g/mol. The van der Waals surface area contributed by atoms with Crippen molar-refractivity contribution in [3.8, 4) is 11.8 Å². The maximum Gasteiger partial charge on any atom is 0.226 e. The van der Waals surface area contributed by atoms with Gasteiger partial charge in [-0.3, -0.25) is 4.79 Å². The summed E-state index contributed by atoms with van der Waals surface area (Å²) in [5.41, 5.74) is 0.978. The molecular formula is C17H18ClN5O2. The fourth-order valence-corrected chi connectivity index (χ4v) is 3.19. The van der Waals surface area contributed by atoms with Gasteiger partial charge in [0, 0.05) is 42.7 Å². The van der Waals surface area contributed by atoms with Crippen molar-refractivity contribution in [2.24, 2.45) is 5.92 Å². The molecule has 7 nitrogen and oxygen atoms in total. The largest absolute Gasteiger partial charge is 0.391 e. The van der Waals surface area contributed by atoms with Crippen LogP contribution in [0.15, 0.2) is 30.5 Å². The fraction of sp³-hybridized carbons (Fsp3) is 0.353. The molecule has 8 heteroatoms. The molecule has 1 saturated heterocycles. The second-order valence-corrected chi connectivity index (χ2v) is 6.66. The van der Waals surface area contributed by atoms with Gasteiger partial charge in [-0.25, -0.2) is 4.68 Å². The van der Waals surface area contributed by atoms with Crippen molar-refractivity contribution in [1.82, 2.24) is 14.7 Å². The van der Waals surface area contributed by atoms with Crippen LogP contribution in [0, 0.1) is 17.2 Å². The highest BCUT2D eigenvalue weighted by atomic mass is 35.5. The quantitative estimate of drug-likeness (QED) is 0.865. The Morgan fingerprint density at radius 1 is 1.48 bits per heavy atom. The number of nitrogens with one attached hydrogen (secondary N) is 1. The number of aliphatic hydroxyl groups excluding tert-OH is 1. The summed E-state index contributed by atoms with van der Waals surface area (Å²) in [6.07, 6.45) is 1.42. The normalized spacial score (nSPS) is 20.4. The molecule has 2 atom stereocenters. The van der Waals surface area contributed by atoms with Crippen LogP contribution in [0.25, 0.3) is 5.69 Å². The topological polar surface area (TPSA) is 94.2 Å². The first-order chi connectivity index (χ1) is 12.0. The molecule has 130 valence electrons. The average molecular weight is 360 g/mol. The van der Waals surface area contributed by atoms with Crippen molar-refractivity contribution in [2.45, 2.75) is 12.5 Å². The number of benzene rings is 1. The number of amides is 1. The predicted molar refractivity (Wildman–Crippen MR) is 93.5 cm³/mol. The molecule has 0 bridgehead atoms. The van der Waals surface area contributed by atoms with Crippen molar-refractivity contribution in [3.63, 3.8) is 0 Å². The van der Waals surface area contributed by atoms with E-state index in [1.54, 1.807) is 30.5 Å². The molecule has 1 aliphatic rings. The first-order valence-electron chi connectivity index (χ1n) is 7.88. The molecule has 1 fully saturated rings. The Kier molecular flexibility index (Phi) is 5.04. The van der Waals surface area contributed by atoms with Crippen LogP contribution in [0.3, 0.4) is 0 Å². The molecule has 0 unspecified atom stereocenters. The minimum absolute atomic E-state index is 0.0754. The van der Waals surface area contributed by atoms with Crippen LogP contribution in [0.2, 0.25) is 5.02 Å². The molecule has 2 N–H and O–H groups in total. The molecule has 1 aliphatic heterocycles. The van der Waals surface area contributed by atoms with Gasteiger partial charge >= 0.3 is 0 Å². The summed E-state index contributed by atoms with van der Waals surface area (Å²) >= 11 is 5.90. The maximum atomic E-state index is 12.2. The van der Waals surface area contributed by atoms with E-state index in [2.05, 4.69) is 16.5 Å². The van der Waals surface area contributed by atoms with Crippen molar-refractivity contribution in [1.29, 1.82) is 5.26 Å². The van der Waals surface area contributed by atoms with E-state index in [-0.39, 0.29) is 18.2 Å². The minimum Gasteiger partial charge on any atom is -0.391 e.